The predicted molar refractivity (Wildman–Crippen MR) is 90.0 cm³/mol. The molecule has 1 aromatic heterocycles. The van der Waals surface area contributed by atoms with Gasteiger partial charge in [-0.3, -0.25) is 9.78 Å². The van der Waals surface area contributed by atoms with Crippen LogP contribution in [0.2, 0.25) is 0 Å². The Kier molecular flexibility index (Phi) is 3.94. The Labute approximate surface area is 141 Å². The number of amidine groups is 1. The van der Waals surface area contributed by atoms with E-state index in [1.54, 1.807) is 6.07 Å². The van der Waals surface area contributed by atoms with Crippen LogP contribution in [-0.4, -0.2) is 16.7 Å². The van der Waals surface area contributed by atoms with Gasteiger partial charge >= 0.3 is 0 Å². The topological polar surface area (TPSA) is 54.4 Å². The third-order valence-corrected chi connectivity index (χ3v) is 5.44. The maximum atomic E-state index is 13.5. The van der Waals surface area contributed by atoms with Gasteiger partial charge in [0.05, 0.1) is 6.20 Å². The highest BCUT2D eigenvalue weighted by atomic mass is 19.1. The number of pyridine rings is 1. The molecule has 0 saturated heterocycles. The van der Waals surface area contributed by atoms with Crippen LogP contribution < -0.4 is 5.32 Å². The predicted octanol–water partition coefficient (Wildman–Crippen LogP) is 3.63. The second-order valence-electron chi connectivity index (χ2n) is 7.25. The molecule has 2 saturated carbocycles. The molecule has 0 aromatic carbocycles. The molecule has 0 radical (unpaired) electrons. The van der Waals surface area contributed by atoms with Crippen LogP contribution in [-0.2, 0) is 4.79 Å². The summed E-state index contributed by atoms with van der Waals surface area (Å²) in [4.78, 5) is 20.5. The fourth-order valence-electron chi connectivity index (χ4n) is 3.85. The minimum atomic E-state index is -0.265. The molecule has 2 aliphatic carbocycles. The average molecular weight is 327 g/mol. The summed E-state index contributed by atoms with van der Waals surface area (Å²) in [5.74, 6) is 1.64. The Morgan fingerprint density at radius 1 is 1.21 bits per heavy atom. The zero-order valence-corrected chi connectivity index (χ0v) is 13.9. The van der Waals surface area contributed by atoms with Crippen molar-refractivity contribution in [3.8, 4) is 0 Å². The van der Waals surface area contributed by atoms with E-state index in [2.05, 4.69) is 15.3 Å². The van der Waals surface area contributed by atoms with E-state index in [9.17, 15) is 9.18 Å². The number of carbonyl (C=O) groups excluding carboxylic acids is 1. The molecule has 2 unspecified atom stereocenters. The van der Waals surface area contributed by atoms with Gasteiger partial charge in [-0.25, -0.2) is 9.38 Å². The van der Waals surface area contributed by atoms with Crippen molar-refractivity contribution >= 4 is 11.7 Å². The smallest absolute Gasteiger partial charge is 0.228 e. The number of halogens is 1. The fraction of sp³-hybridized carbons (Fsp3) is 0.526. The minimum Gasteiger partial charge on any atom is -0.314 e. The lowest BCUT2D eigenvalue weighted by molar-refractivity contribution is -0.120. The average Bonchev–Trinajstić information content (AvgIpc) is 3.42. The van der Waals surface area contributed by atoms with Crippen molar-refractivity contribution in [1.29, 1.82) is 0 Å². The van der Waals surface area contributed by atoms with E-state index < -0.39 is 0 Å². The highest BCUT2D eigenvalue weighted by Crippen LogP contribution is 2.42. The number of amides is 1. The SMILES string of the molecule is Cc1ncc(F)cc1C1CCC2CC(NC(=O)C3CC3)=NC=C2C1. The standard InChI is InChI=1S/C19H22FN3O/c1-11-17(8-16(20)10-21-11)14-5-4-13-7-18(22-9-15(13)6-14)23-19(24)12-2-3-12/h8-10,12-14H,2-7H2,1H3,(H,22,23,24). The summed E-state index contributed by atoms with van der Waals surface area (Å²) in [5, 5.41) is 2.98. The van der Waals surface area contributed by atoms with Crippen LogP contribution in [0.4, 0.5) is 4.39 Å². The van der Waals surface area contributed by atoms with Crippen molar-refractivity contribution in [3.05, 3.63) is 41.1 Å². The van der Waals surface area contributed by atoms with E-state index >= 15 is 0 Å². The Morgan fingerprint density at radius 2 is 2.00 bits per heavy atom. The molecule has 1 amide bonds. The summed E-state index contributed by atoms with van der Waals surface area (Å²) in [6, 6.07) is 1.63. The molecule has 2 atom stereocenters. The maximum absolute atomic E-state index is 13.5. The normalized spacial score (nSPS) is 26.2. The number of nitrogens with one attached hydrogen (secondary N) is 1. The van der Waals surface area contributed by atoms with Crippen LogP contribution in [0.5, 0.6) is 0 Å². The molecule has 1 aromatic rings. The fourth-order valence-corrected chi connectivity index (χ4v) is 3.85. The van der Waals surface area contributed by atoms with Crippen molar-refractivity contribution in [1.82, 2.24) is 10.3 Å². The van der Waals surface area contributed by atoms with Gasteiger partial charge in [0.1, 0.15) is 11.7 Å². The van der Waals surface area contributed by atoms with Crippen LogP contribution in [0.15, 0.2) is 29.0 Å². The molecule has 1 aliphatic heterocycles. The van der Waals surface area contributed by atoms with Gasteiger partial charge in [0.25, 0.3) is 0 Å². The molecule has 4 nitrogen and oxygen atoms in total. The molecule has 0 spiro atoms. The van der Waals surface area contributed by atoms with Gasteiger partial charge in [-0.15, -0.1) is 0 Å². The molecule has 3 aliphatic rings. The summed E-state index contributed by atoms with van der Waals surface area (Å²) < 4.78 is 13.5. The van der Waals surface area contributed by atoms with Crippen molar-refractivity contribution in [2.24, 2.45) is 16.8 Å². The number of nitrogens with zero attached hydrogens (tertiary/aromatic N) is 2. The summed E-state index contributed by atoms with van der Waals surface area (Å²) in [6.07, 6.45) is 9.01. The Bertz CT molecular complexity index is 736. The number of aromatic nitrogens is 1. The summed E-state index contributed by atoms with van der Waals surface area (Å²) in [7, 11) is 0. The van der Waals surface area contributed by atoms with Crippen molar-refractivity contribution in [3.63, 3.8) is 0 Å². The Morgan fingerprint density at radius 3 is 2.79 bits per heavy atom. The number of aryl methyl sites for hydroxylation is 1. The number of fused-ring (bicyclic) bond motifs is 1. The van der Waals surface area contributed by atoms with Crippen molar-refractivity contribution in [2.45, 2.75) is 51.4 Å². The first-order valence-electron chi connectivity index (χ1n) is 8.78. The zero-order valence-electron chi connectivity index (χ0n) is 13.9. The third kappa shape index (κ3) is 3.12. The largest absolute Gasteiger partial charge is 0.314 e. The number of carbonyl (C=O) groups is 1. The molecular weight excluding hydrogens is 305 g/mol. The molecule has 5 heteroatoms. The number of allylic oxidation sites excluding steroid dienone is 1. The highest BCUT2D eigenvalue weighted by molar-refractivity contribution is 6.00. The van der Waals surface area contributed by atoms with E-state index in [0.717, 1.165) is 55.6 Å². The second kappa shape index (κ2) is 6.11. The molecular formula is C19H22FN3O. The van der Waals surface area contributed by atoms with Crippen LogP contribution in [0, 0.1) is 24.6 Å². The number of rotatable bonds is 2. The molecule has 2 heterocycles. The maximum Gasteiger partial charge on any atom is 0.228 e. The summed E-state index contributed by atoms with van der Waals surface area (Å²) in [6.45, 7) is 1.94. The van der Waals surface area contributed by atoms with Crippen LogP contribution in [0.25, 0.3) is 0 Å². The number of hydrogen-bond acceptors (Lipinski definition) is 3. The van der Waals surface area contributed by atoms with Crippen molar-refractivity contribution < 1.29 is 9.18 Å². The van der Waals surface area contributed by atoms with Gasteiger partial charge in [-0.2, -0.15) is 0 Å². The van der Waals surface area contributed by atoms with E-state index in [0.29, 0.717) is 11.8 Å². The lowest BCUT2D eigenvalue weighted by Crippen LogP contribution is -2.35. The monoisotopic (exact) mass is 327 g/mol. The van der Waals surface area contributed by atoms with Gasteiger partial charge in [-0.1, -0.05) is 0 Å². The van der Waals surface area contributed by atoms with E-state index in [4.69, 9.17) is 0 Å². The van der Waals surface area contributed by atoms with Crippen LogP contribution >= 0.6 is 0 Å². The van der Waals surface area contributed by atoms with Crippen LogP contribution in [0.1, 0.15) is 55.7 Å². The molecule has 24 heavy (non-hydrogen) atoms. The van der Waals surface area contributed by atoms with Gasteiger partial charge < -0.3 is 5.32 Å². The Balaban J connectivity index is 1.48. The molecule has 4 rings (SSSR count). The highest BCUT2D eigenvalue weighted by Gasteiger charge is 2.33. The van der Waals surface area contributed by atoms with Gasteiger partial charge in [0, 0.05) is 24.2 Å². The van der Waals surface area contributed by atoms with Crippen molar-refractivity contribution in [2.75, 3.05) is 0 Å². The zero-order chi connectivity index (χ0) is 16.7. The first kappa shape index (κ1) is 15.5. The van der Waals surface area contributed by atoms with Gasteiger partial charge in [0.15, 0.2) is 0 Å². The molecule has 0 bridgehead atoms. The molecule has 2 fully saturated rings. The lowest BCUT2D eigenvalue weighted by atomic mass is 9.73. The van der Waals surface area contributed by atoms with E-state index in [-0.39, 0.29) is 17.6 Å². The first-order chi connectivity index (χ1) is 11.6. The third-order valence-electron chi connectivity index (χ3n) is 5.44. The first-order valence-corrected chi connectivity index (χ1v) is 8.78. The lowest BCUT2D eigenvalue weighted by Gasteiger charge is -2.33. The number of hydrogen-bond donors (Lipinski definition) is 1. The van der Waals surface area contributed by atoms with Gasteiger partial charge in [0.2, 0.25) is 5.91 Å². The summed E-state index contributed by atoms with van der Waals surface area (Å²) >= 11 is 0. The molecule has 126 valence electrons. The minimum absolute atomic E-state index is 0.126. The van der Waals surface area contributed by atoms with Crippen LogP contribution in [0.3, 0.4) is 0 Å². The second-order valence-corrected chi connectivity index (χ2v) is 7.25. The van der Waals surface area contributed by atoms with Gasteiger partial charge in [-0.05, 0) is 68.1 Å². The number of aliphatic imine (C=N–C) groups is 1. The quantitative estimate of drug-likeness (QED) is 0.902. The molecule has 1 N–H and O–H groups in total. The Hall–Kier alpha value is -2.04. The van der Waals surface area contributed by atoms with E-state index in [1.165, 1.54) is 11.8 Å². The van der Waals surface area contributed by atoms with E-state index in [1.807, 2.05) is 13.1 Å². The summed E-state index contributed by atoms with van der Waals surface area (Å²) in [5.41, 5.74) is 3.25.